The van der Waals surface area contributed by atoms with E-state index in [2.05, 4.69) is 20.6 Å². The summed E-state index contributed by atoms with van der Waals surface area (Å²) in [6.45, 7) is 3.58. The molecule has 1 amide bonds. The van der Waals surface area contributed by atoms with Gasteiger partial charge in [-0.15, -0.1) is 11.3 Å². The van der Waals surface area contributed by atoms with Crippen molar-refractivity contribution in [1.29, 1.82) is 0 Å². The summed E-state index contributed by atoms with van der Waals surface area (Å²) in [5.74, 6) is 0.832. The van der Waals surface area contributed by atoms with Crippen LogP contribution in [0, 0.1) is 6.92 Å². The molecule has 4 rings (SSSR count). The molecule has 1 atom stereocenters. The van der Waals surface area contributed by atoms with Crippen molar-refractivity contribution in [3.05, 3.63) is 16.8 Å². The lowest BCUT2D eigenvalue weighted by Crippen LogP contribution is -2.36. The Kier molecular flexibility index (Phi) is 5.36. The molecule has 1 saturated heterocycles. The predicted molar refractivity (Wildman–Crippen MR) is 104 cm³/mol. The van der Waals surface area contributed by atoms with Crippen LogP contribution in [0.25, 0.3) is 10.2 Å². The van der Waals surface area contributed by atoms with Crippen molar-refractivity contribution in [1.82, 2.24) is 15.3 Å². The van der Waals surface area contributed by atoms with Gasteiger partial charge in [0.1, 0.15) is 17.0 Å². The van der Waals surface area contributed by atoms with Crippen LogP contribution in [0.5, 0.6) is 0 Å². The highest BCUT2D eigenvalue weighted by molar-refractivity contribution is 7.20. The molecular formula is C19H26N4O2S. The fraction of sp³-hybridized carbons (Fsp3) is 0.632. The molecule has 1 aliphatic carbocycles. The van der Waals surface area contributed by atoms with Gasteiger partial charge in [0.25, 0.3) is 5.91 Å². The lowest BCUT2D eigenvalue weighted by molar-refractivity contribution is 0.0931. The van der Waals surface area contributed by atoms with E-state index < -0.39 is 0 Å². The first kappa shape index (κ1) is 17.7. The fourth-order valence-electron chi connectivity index (χ4n) is 3.94. The summed E-state index contributed by atoms with van der Waals surface area (Å²) in [5.41, 5.74) is 0.966. The molecule has 2 N–H and O–H groups in total. The molecule has 0 spiro atoms. The zero-order valence-corrected chi connectivity index (χ0v) is 16.0. The number of aromatic nitrogens is 2. The van der Waals surface area contributed by atoms with Crippen LogP contribution in [0.4, 0.5) is 5.82 Å². The first-order valence-corrected chi connectivity index (χ1v) is 10.4. The number of fused-ring (bicyclic) bond motifs is 1. The number of hydrogen-bond acceptors (Lipinski definition) is 6. The minimum Gasteiger partial charge on any atom is -0.376 e. The Hall–Kier alpha value is -1.73. The summed E-state index contributed by atoms with van der Waals surface area (Å²) in [5, 5.41) is 7.58. The highest BCUT2D eigenvalue weighted by Gasteiger charge is 2.23. The lowest BCUT2D eigenvalue weighted by atomic mass is 9.95. The summed E-state index contributed by atoms with van der Waals surface area (Å²) >= 11 is 1.46. The van der Waals surface area contributed by atoms with Crippen LogP contribution in [0.1, 0.15) is 60.2 Å². The number of nitrogens with one attached hydrogen (secondary N) is 2. The van der Waals surface area contributed by atoms with Crippen LogP contribution >= 0.6 is 11.3 Å². The maximum absolute atomic E-state index is 12.8. The number of carbonyl (C=O) groups excluding carboxylic acids is 1. The molecule has 0 bridgehead atoms. The minimum atomic E-state index is 0.0301. The van der Waals surface area contributed by atoms with E-state index >= 15 is 0 Å². The highest BCUT2D eigenvalue weighted by atomic mass is 32.1. The molecule has 140 valence electrons. The van der Waals surface area contributed by atoms with Gasteiger partial charge in [0.05, 0.1) is 16.4 Å². The van der Waals surface area contributed by atoms with Gasteiger partial charge in [-0.2, -0.15) is 0 Å². The van der Waals surface area contributed by atoms with Crippen LogP contribution in [0.15, 0.2) is 6.33 Å². The first-order valence-electron chi connectivity index (χ1n) is 9.63. The summed E-state index contributed by atoms with van der Waals surface area (Å²) in [6.07, 6.45) is 9.88. The lowest BCUT2D eigenvalue weighted by Gasteiger charge is -2.22. The zero-order valence-electron chi connectivity index (χ0n) is 15.2. The van der Waals surface area contributed by atoms with Crippen LogP contribution in [0.3, 0.4) is 0 Å². The largest absolute Gasteiger partial charge is 0.376 e. The van der Waals surface area contributed by atoms with Crippen LogP contribution in [0.2, 0.25) is 0 Å². The predicted octanol–water partition coefficient (Wildman–Crippen LogP) is 3.65. The molecule has 1 unspecified atom stereocenters. The SMILES string of the molecule is Cc1c(C(=O)NC2CCCCC2)sc2ncnc(NCC3CCCO3)c12. The van der Waals surface area contributed by atoms with Gasteiger partial charge in [-0.05, 0) is 38.2 Å². The molecule has 2 aromatic heterocycles. The van der Waals surface area contributed by atoms with Crippen LogP contribution < -0.4 is 10.6 Å². The van der Waals surface area contributed by atoms with E-state index in [9.17, 15) is 4.79 Å². The summed E-state index contributed by atoms with van der Waals surface area (Å²) in [6, 6.07) is 0.309. The molecular weight excluding hydrogens is 348 g/mol. The van der Waals surface area contributed by atoms with Crippen LogP contribution in [-0.2, 0) is 4.74 Å². The third-order valence-corrected chi connectivity index (χ3v) is 6.59. The van der Waals surface area contributed by atoms with Gasteiger partial charge in [-0.3, -0.25) is 4.79 Å². The number of carbonyl (C=O) groups is 1. The number of thiophene rings is 1. The second-order valence-electron chi connectivity index (χ2n) is 7.28. The molecule has 7 heteroatoms. The number of amides is 1. The van der Waals surface area contributed by atoms with Crippen molar-refractivity contribution in [2.75, 3.05) is 18.5 Å². The molecule has 6 nitrogen and oxygen atoms in total. The van der Waals surface area contributed by atoms with Crippen molar-refractivity contribution in [2.45, 2.75) is 64.0 Å². The summed E-state index contributed by atoms with van der Waals surface area (Å²) in [7, 11) is 0. The number of rotatable bonds is 5. The van der Waals surface area contributed by atoms with Crippen molar-refractivity contribution in [3.8, 4) is 0 Å². The van der Waals surface area contributed by atoms with Gasteiger partial charge >= 0.3 is 0 Å². The quantitative estimate of drug-likeness (QED) is 0.835. The van der Waals surface area contributed by atoms with Gasteiger partial charge in [0, 0.05) is 19.2 Å². The van der Waals surface area contributed by atoms with E-state index in [-0.39, 0.29) is 12.0 Å². The van der Waals surface area contributed by atoms with Gasteiger partial charge in [0.15, 0.2) is 0 Å². The van der Waals surface area contributed by atoms with Gasteiger partial charge < -0.3 is 15.4 Å². The molecule has 1 saturated carbocycles. The second-order valence-corrected chi connectivity index (χ2v) is 8.28. The Morgan fingerprint density at radius 1 is 1.23 bits per heavy atom. The van der Waals surface area contributed by atoms with E-state index in [0.717, 1.165) is 65.3 Å². The number of nitrogens with zero attached hydrogens (tertiary/aromatic N) is 2. The van der Waals surface area contributed by atoms with Gasteiger partial charge in [0.2, 0.25) is 0 Å². The molecule has 2 aliphatic rings. The number of aryl methyl sites for hydroxylation is 1. The zero-order chi connectivity index (χ0) is 17.9. The number of anilines is 1. The average molecular weight is 375 g/mol. The third kappa shape index (κ3) is 3.69. The number of hydrogen-bond donors (Lipinski definition) is 2. The highest BCUT2D eigenvalue weighted by Crippen LogP contribution is 2.33. The summed E-state index contributed by atoms with van der Waals surface area (Å²) in [4.78, 5) is 23.2. The maximum Gasteiger partial charge on any atom is 0.261 e. The van der Waals surface area contributed by atoms with Gasteiger partial charge in [-0.1, -0.05) is 19.3 Å². The molecule has 3 heterocycles. The molecule has 1 aliphatic heterocycles. The Bertz CT molecular complexity index is 779. The second kappa shape index (κ2) is 7.88. The van der Waals surface area contributed by atoms with E-state index in [4.69, 9.17) is 4.74 Å². The Labute approximate surface area is 157 Å². The van der Waals surface area contributed by atoms with Crippen molar-refractivity contribution >= 4 is 33.3 Å². The molecule has 2 fully saturated rings. The van der Waals surface area contributed by atoms with Crippen molar-refractivity contribution in [3.63, 3.8) is 0 Å². The van der Waals surface area contributed by atoms with E-state index in [1.54, 1.807) is 6.33 Å². The maximum atomic E-state index is 12.8. The van der Waals surface area contributed by atoms with E-state index in [1.807, 2.05) is 6.92 Å². The smallest absolute Gasteiger partial charge is 0.261 e. The average Bonchev–Trinajstić information content (AvgIpc) is 3.29. The monoisotopic (exact) mass is 374 g/mol. The molecule has 26 heavy (non-hydrogen) atoms. The van der Waals surface area contributed by atoms with E-state index in [0.29, 0.717) is 6.04 Å². The topological polar surface area (TPSA) is 76.1 Å². The Morgan fingerprint density at radius 2 is 2.08 bits per heavy atom. The normalized spacial score (nSPS) is 21.2. The van der Waals surface area contributed by atoms with Crippen LogP contribution in [-0.4, -0.2) is 41.2 Å². The third-order valence-electron chi connectivity index (χ3n) is 5.39. The Morgan fingerprint density at radius 3 is 2.85 bits per heavy atom. The van der Waals surface area contributed by atoms with E-state index in [1.165, 1.54) is 30.6 Å². The van der Waals surface area contributed by atoms with Crippen molar-refractivity contribution in [2.24, 2.45) is 0 Å². The molecule has 0 aromatic carbocycles. The Balaban J connectivity index is 1.53. The molecule has 0 radical (unpaired) electrons. The number of ether oxygens (including phenoxy) is 1. The first-order chi connectivity index (χ1) is 12.7. The fourth-order valence-corrected chi connectivity index (χ4v) is 4.99. The van der Waals surface area contributed by atoms with Crippen molar-refractivity contribution < 1.29 is 9.53 Å². The van der Waals surface area contributed by atoms with Gasteiger partial charge in [-0.25, -0.2) is 9.97 Å². The molecule has 2 aromatic rings. The standard InChI is InChI=1S/C19H26N4O2S/c1-12-15-17(20-10-14-8-5-9-25-14)21-11-22-19(15)26-16(12)18(24)23-13-6-3-2-4-7-13/h11,13-14H,2-10H2,1H3,(H,23,24)(H,20,21,22). The summed E-state index contributed by atoms with van der Waals surface area (Å²) < 4.78 is 5.68. The minimum absolute atomic E-state index is 0.0301.